The number of nitrogen functional groups attached to an aromatic ring is 1. The molecule has 1 aromatic carbocycles. The molecule has 106 valence electrons. The molecule has 2 aromatic rings. The number of benzene rings is 1. The van der Waals surface area contributed by atoms with E-state index in [2.05, 4.69) is 10.3 Å². The van der Waals surface area contributed by atoms with Crippen LogP contribution in [0.1, 0.15) is 28.2 Å². The average molecular weight is 312 g/mol. The third kappa shape index (κ3) is 3.20. The van der Waals surface area contributed by atoms with Crippen LogP contribution in [0.4, 0.5) is 11.4 Å². The zero-order valence-corrected chi connectivity index (χ0v) is 12.3. The molecule has 1 unspecified atom stereocenters. The Morgan fingerprint density at radius 3 is 2.95 bits per heavy atom. The molecule has 1 atom stereocenters. The lowest BCUT2D eigenvalue weighted by atomic mass is 10.1. The van der Waals surface area contributed by atoms with Crippen molar-refractivity contribution in [3.05, 3.63) is 39.3 Å². The van der Waals surface area contributed by atoms with Crippen LogP contribution in [0.5, 0.6) is 0 Å². The SMILES string of the molecule is CC(CNc1c(Cl)cc(N)cc1C(=O)O)c1nccs1. The quantitative estimate of drug-likeness (QED) is 0.737. The molecule has 5 nitrogen and oxygen atoms in total. The lowest BCUT2D eigenvalue weighted by Crippen LogP contribution is -2.13. The van der Waals surface area contributed by atoms with E-state index in [0.29, 0.717) is 22.9 Å². The summed E-state index contributed by atoms with van der Waals surface area (Å²) in [6.45, 7) is 2.55. The Labute approximate surface area is 125 Å². The molecule has 20 heavy (non-hydrogen) atoms. The molecule has 1 aromatic heterocycles. The monoisotopic (exact) mass is 311 g/mol. The smallest absolute Gasteiger partial charge is 0.337 e. The van der Waals surface area contributed by atoms with E-state index < -0.39 is 5.97 Å². The van der Waals surface area contributed by atoms with Gasteiger partial charge in [0, 0.05) is 29.7 Å². The van der Waals surface area contributed by atoms with Crippen LogP contribution in [0.15, 0.2) is 23.7 Å². The summed E-state index contributed by atoms with van der Waals surface area (Å²) < 4.78 is 0. The maximum absolute atomic E-state index is 11.2. The number of aromatic nitrogens is 1. The lowest BCUT2D eigenvalue weighted by molar-refractivity contribution is 0.0698. The predicted octanol–water partition coefficient (Wildman–Crippen LogP) is 3.29. The van der Waals surface area contributed by atoms with Crippen LogP contribution in [0.2, 0.25) is 5.02 Å². The number of hydrogen-bond donors (Lipinski definition) is 3. The highest BCUT2D eigenvalue weighted by Crippen LogP contribution is 2.30. The van der Waals surface area contributed by atoms with Gasteiger partial charge < -0.3 is 16.2 Å². The van der Waals surface area contributed by atoms with Crippen molar-refractivity contribution < 1.29 is 9.90 Å². The summed E-state index contributed by atoms with van der Waals surface area (Å²) in [5.41, 5.74) is 6.40. The zero-order chi connectivity index (χ0) is 14.7. The summed E-state index contributed by atoms with van der Waals surface area (Å²) in [4.78, 5) is 15.5. The van der Waals surface area contributed by atoms with Crippen molar-refractivity contribution in [1.82, 2.24) is 4.98 Å². The predicted molar refractivity (Wildman–Crippen MR) is 81.8 cm³/mol. The number of hydrogen-bond acceptors (Lipinski definition) is 5. The normalized spacial score (nSPS) is 12.1. The van der Waals surface area contributed by atoms with Crippen molar-refractivity contribution in [2.24, 2.45) is 0 Å². The molecular weight excluding hydrogens is 298 g/mol. The van der Waals surface area contributed by atoms with Gasteiger partial charge in [-0.05, 0) is 12.1 Å². The first-order valence-electron chi connectivity index (χ1n) is 5.94. The van der Waals surface area contributed by atoms with Crippen molar-refractivity contribution in [3.63, 3.8) is 0 Å². The maximum atomic E-state index is 11.2. The Morgan fingerprint density at radius 1 is 1.60 bits per heavy atom. The number of nitrogens with one attached hydrogen (secondary N) is 1. The molecule has 0 bridgehead atoms. The first kappa shape index (κ1) is 14.6. The van der Waals surface area contributed by atoms with Gasteiger partial charge >= 0.3 is 5.97 Å². The molecule has 0 saturated heterocycles. The van der Waals surface area contributed by atoms with Gasteiger partial charge in [0.2, 0.25) is 0 Å². The molecule has 4 N–H and O–H groups in total. The maximum Gasteiger partial charge on any atom is 0.337 e. The van der Waals surface area contributed by atoms with Gasteiger partial charge in [0.15, 0.2) is 0 Å². The van der Waals surface area contributed by atoms with E-state index in [1.165, 1.54) is 12.1 Å². The van der Waals surface area contributed by atoms with Crippen LogP contribution in [-0.4, -0.2) is 22.6 Å². The van der Waals surface area contributed by atoms with Crippen LogP contribution in [0, 0.1) is 0 Å². The summed E-state index contributed by atoms with van der Waals surface area (Å²) in [7, 11) is 0. The van der Waals surface area contributed by atoms with Crippen molar-refractivity contribution in [1.29, 1.82) is 0 Å². The van der Waals surface area contributed by atoms with Crippen LogP contribution in [0.3, 0.4) is 0 Å². The van der Waals surface area contributed by atoms with Gasteiger partial charge in [-0.15, -0.1) is 11.3 Å². The van der Waals surface area contributed by atoms with E-state index >= 15 is 0 Å². The highest BCUT2D eigenvalue weighted by atomic mass is 35.5. The highest BCUT2D eigenvalue weighted by molar-refractivity contribution is 7.09. The molecule has 0 amide bonds. The first-order valence-corrected chi connectivity index (χ1v) is 7.20. The van der Waals surface area contributed by atoms with Crippen molar-refractivity contribution >= 4 is 40.3 Å². The van der Waals surface area contributed by atoms with Gasteiger partial charge in [-0.1, -0.05) is 18.5 Å². The topological polar surface area (TPSA) is 88.2 Å². The van der Waals surface area contributed by atoms with Gasteiger partial charge in [0.05, 0.1) is 21.3 Å². The zero-order valence-electron chi connectivity index (χ0n) is 10.8. The Balaban J connectivity index is 2.19. The van der Waals surface area contributed by atoms with E-state index in [4.69, 9.17) is 17.3 Å². The second-order valence-corrected chi connectivity index (χ2v) is 5.72. The standard InChI is InChI=1S/C13H14ClN3O2S/c1-7(12-16-2-3-20-12)6-17-11-9(13(18)19)4-8(15)5-10(11)14/h2-5,7,17H,6,15H2,1H3,(H,18,19). The van der Waals surface area contributed by atoms with Crippen LogP contribution in [-0.2, 0) is 0 Å². The Hall–Kier alpha value is -1.79. The van der Waals surface area contributed by atoms with Gasteiger partial charge in [0.25, 0.3) is 0 Å². The van der Waals surface area contributed by atoms with Crippen LogP contribution < -0.4 is 11.1 Å². The van der Waals surface area contributed by atoms with Gasteiger partial charge in [-0.3, -0.25) is 0 Å². The fourth-order valence-corrected chi connectivity index (χ4v) is 2.79. The Kier molecular flexibility index (Phi) is 4.46. The number of anilines is 2. The minimum absolute atomic E-state index is 0.0707. The van der Waals surface area contributed by atoms with Gasteiger partial charge in [-0.2, -0.15) is 0 Å². The molecule has 0 saturated carbocycles. The highest BCUT2D eigenvalue weighted by Gasteiger charge is 2.16. The van der Waals surface area contributed by atoms with E-state index in [0.717, 1.165) is 5.01 Å². The number of rotatable bonds is 5. The molecule has 0 aliphatic carbocycles. The molecule has 0 aliphatic rings. The number of carbonyl (C=O) groups is 1. The summed E-state index contributed by atoms with van der Waals surface area (Å²) >= 11 is 7.63. The molecule has 0 fully saturated rings. The second-order valence-electron chi connectivity index (χ2n) is 4.38. The van der Waals surface area contributed by atoms with Crippen molar-refractivity contribution in [3.8, 4) is 0 Å². The van der Waals surface area contributed by atoms with E-state index in [9.17, 15) is 9.90 Å². The number of carboxylic acid groups (broad SMARTS) is 1. The lowest BCUT2D eigenvalue weighted by Gasteiger charge is -2.15. The van der Waals surface area contributed by atoms with E-state index in [-0.39, 0.29) is 11.5 Å². The summed E-state index contributed by atoms with van der Waals surface area (Å²) in [5.74, 6) is -0.908. The third-order valence-corrected chi connectivity index (χ3v) is 4.11. The molecule has 1 heterocycles. The summed E-state index contributed by atoms with van der Waals surface area (Å²) in [6.07, 6.45) is 1.75. The number of nitrogens with zero attached hydrogens (tertiary/aromatic N) is 1. The second kappa shape index (κ2) is 6.11. The third-order valence-electron chi connectivity index (χ3n) is 2.80. The minimum atomic E-state index is -1.07. The Bertz CT molecular complexity index is 616. The molecule has 7 heteroatoms. The molecular formula is C13H14ClN3O2S. The molecule has 0 radical (unpaired) electrons. The van der Waals surface area contributed by atoms with Crippen molar-refractivity contribution in [2.45, 2.75) is 12.8 Å². The minimum Gasteiger partial charge on any atom is -0.478 e. The fourth-order valence-electron chi connectivity index (χ4n) is 1.80. The van der Waals surface area contributed by atoms with E-state index in [1.807, 2.05) is 12.3 Å². The van der Waals surface area contributed by atoms with Gasteiger partial charge in [-0.25, -0.2) is 9.78 Å². The first-order chi connectivity index (χ1) is 9.49. The number of thiazole rings is 1. The fraction of sp³-hybridized carbons (Fsp3) is 0.231. The molecule has 2 rings (SSSR count). The largest absolute Gasteiger partial charge is 0.478 e. The average Bonchev–Trinajstić information content (AvgIpc) is 2.90. The van der Waals surface area contributed by atoms with Crippen LogP contribution >= 0.6 is 22.9 Å². The number of nitrogens with two attached hydrogens (primary N) is 1. The van der Waals surface area contributed by atoms with Gasteiger partial charge in [0.1, 0.15) is 0 Å². The molecule has 0 spiro atoms. The van der Waals surface area contributed by atoms with Crippen LogP contribution in [0.25, 0.3) is 0 Å². The number of carboxylic acids is 1. The number of halogens is 1. The van der Waals surface area contributed by atoms with E-state index in [1.54, 1.807) is 17.5 Å². The number of aromatic carboxylic acids is 1. The Morgan fingerprint density at radius 2 is 2.35 bits per heavy atom. The van der Waals surface area contributed by atoms with Crippen molar-refractivity contribution in [2.75, 3.05) is 17.6 Å². The summed E-state index contributed by atoms with van der Waals surface area (Å²) in [6, 6.07) is 2.93. The summed E-state index contributed by atoms with van der Waals surface area (Å²) in [5, 5.41) is 15.5. The molecule has 0 aliphatic heterocycles.